The molecule has 0 heterocycles. The van der Waals surface area contributed by atoms with Crippen LogP contribution in [0.2, 0.25) is 0 Å². The molecule has 0 rings (SSSR count). The number of aliphatic hydroxyl groups excluding tert-OH is 1. The predicted octanol–water partition coefficient (Wildman–Crippen LogP) is 1.08. The van der Waals surface area contributed by atoms with Gasteiger partial charge in [-0.25, -0.2) is 0 Å². The molecule has 0 aliphatic rings. The summed E-state index contributed by atoms with van der Waals surface area (Å²) in [5, 5.41) is 12.1. The van der Waals surface area contributed by atoms with Gasteiger partial charge in [0, 0.05) is 20.1 Å². The molecule has 0 radical (unpaired) electrons. The largest absolute Gasteiger partial charge is 0.391 e. The van der Waals surface area contributed by atoms with Gasteiger partial charge in [0.1, 0.15) is 0 Å². The number of ether oxygens (including phenoxy) is 1. The third-order valence-corrected chi connectivity index (χ3v) is 2.17. The van der Waals surface area contributed by atoms with Crippen LogP contribution in [0, 0.1) is 0 Å². The second-order valence-corrected chi connectivity index (χ2v) is 3.70. The number of unbranched alkanes of at least 4 members (excludes halogenated alkanes) is 2. The summed E-state index contributed by atoms with van der Waals surface area (Å²) < 4.78 is 4.78. The van der Waals surface area contributed by atoms with Gasteiger partial charge in [-0.05, 0) is 12.8 Å². The Kier molecular flexibility index (Phi) is 9.52. The molecule has 1 amide bonds. The average molecular weight is 217 g/mol. The van der Waals surface area contributed by atoms with E-state index in [0.717, 1.165) is 19.3 Å². The van der Waals surface area contributed by atoms with Gasteiger partial charge < -0.3 is 15.2 Å². The topological polar surface area (TPSA) is 58.6 Å². The number of nitrogens with one attached hydrogen (secondary N) is 1. The number of rotatable bonds is 9. The highest BCUT2D eigenvalue weighted by atomic mass is 16.5. The summed E-state index contributed by atoms with van der Waals surface area (Å²) in [6.45, 7) is 2.96. The smallest absolute Gasteiger partial charge is 0.219 e. The maximum absolute atomic E-state index is 11.2. The van der Waals surface area contributed by atoms with Crippen molar-refractivity contribution in [3.63, 3.8) is 0 Å². The Morgan fingerprint density at radius 2 is 2.20 bits per heavy atom. The summed E-state index contributed by atoms with van der Waals surface area (Å²) in [5.74, 6) is 0.0769. The van der Waals surface area contributed by atoms with Crippen LogP contribution in [0.3, 0.4) is 0 Å². The van der Waals surface area contributed by atoms with E-state index in [1.165, 1.54) is 0 Å². The molecule has 4 heteroatoms. The Morgan fingerprint density at radius 1 is 1.47 bits per heavy atom. The third-order valence-electron chi connectivity index (χ3n) is 2.17. The monoisotopic (exact) mass is 217 g/mol. The van der Waals surface area contributed by atoms with Gasteiger partial charge in [0.05, 0.1) is 12.7 Å². The first-order chi connectivity index (χ1) is 7.20. The minimum atomic E-state index is -0.481. The molecule has 0 fully saturated rings. The molecule has 0 aromatic rings. The van der Waals surface area contributed by atoms with Crippen LogP contribution in [-0.4, -0.2) is 37.4 Å². The number of hydrogen-bond acceptors (Lipinski definition) is 3. The summed E-state index contributed by atoms with van der Waals surface area (Å²) in [4.78, 5) is 11.2. The summed E-state index contributed by atoms with van der Waals surface area (Å²) in [7, 11) is 1.55. The first-order valence-electron chi connectivity index (χ1n) is 5.64. The van der Waals surface area contributed by atoms with E-state index in [0.29, 0.717) is 26.0 Å². The summed E-state index contributed by atoms with van der Waals surface area (Å²) in [5.41, 5.74) is 0. The minimum absolute atomic E-state index is 0.0769. The number of methoxy groups -OCH3 is 1. The molecule has 0 spiro atoms. The number of carbonyl (C=O) groups is 1. The van der Waals surface area contributed by atoms with E-state index in [2.05, 4.69) is 12.2 Å². The van der Waals surface area contributed by atoms with Gasteiger partial charge >= 0.3 is 0 Å². The van der Waals surface area contributed by atoms with Crippen LogP contribution in [0.4, 0.5) is 0 Å². The highest BCUT2D eigenvalue weighted by Crippen LogP contribution is 1.98. The Hall–Kier alpha value is -0.610. The lowest BCUT2D eigenvalue weighted by atomic mass is 10.2. The van der Waals surface area contributed by atoms with Gasteiger partial charge in [0.2, 0.25) is 5.91 Å². The number of carbonyl (C=O) groups excluding carboxylic acids is 1. The van der Waals surface area contributed by atoms with Gasteiger partial charge in [0.25, 0.3) is 0 Å². The van der Waals surface area contributed by atoms with E-state index < -0.39 is 6.10 Å². The summed E-state index contributed by atoms with van der Waals surface area (Å²) in [6, 6.07) is 0. The van der Waals surface area contributed by atoms with Gasteiger partial charge in [0.15, 0.2) is 0 Å². The van der Waals surface area contributed by atoms with Crippen molar-refractivity contribution in [1.82, 2.24) is 5.32 Å². The van der Waals surface area contributed by atoms with Crippen LogP contribution in [-0.2, 0) is 9.53 Å². The highest BCUT2D eigenvalue weighted by Gasteiger charge is 2.04. The molecular formula is C11H23NO3. The molecule has 0 aromatic heterocycles. The van der Waals surface area contributed by atoms with E-state index in [-0.39, 0.29) is 5.91 Å². The molecule has 0 saturated heterocycles. The molecule has 2 N–H and O–H groups in total. The van der Waals surface area contributed by atoms with E-state index >= 15 is 0 Å². The molecule has 15 heavy (non-hydrogen) atoms. The molecule has 1 unspecified atom stereocenters. The van der Waals surface area contributed by atoms with E-state index in [1.807, 2.05) is 0 Å². The van der Waals surface area contributed by atoms with Crippen molar-refractivity contribution in [2.45, 2.75) is 45.1 Å². The molecule has 0 aliphatic carbocycles. The Morgan fingerprint density at radius 3 is 2.80 bits per heavy atom. The molecule has 0 saturated carbocycles. The molecule has 0 aliphatic heterocycles. The van der Waals surface area contributed by atoms with Crippen LogP contribution in [0.25, 0.3) is 0 Å². The molecule has 0 aromatic carbocycles. The first kappa shape index (κ1) is 14.4. The third kappa shape index (κ3) is 9.69. The van der Waals surface area contributed by atoms with Gasteiger partial charge in [-0.15, -0.1) is 0 Å². The second-order valence-electron chi connectivity index (χ2n) is 3.70. The van der Waals surface area contributed by atoms with Gasteiger partial charge in [-0.3, -0.25) is 4.79 Å². The minimum Gasteiger partial charge on any atom is -0.391 e. The maximum atomic E-state index is 11.2. The highest BCUT2D eigenvalue weighted by molar-refractivity contribution is 5.75. The standard InChI is InChI=1S/C11H23NO3/c1-3-4-5-6-11(14)12-8-7-10(13)9-15-2/h10,13H,3-9H2,1-2H3,(H,12,14). The van der Waals surface area contributed by atoms with Crippen molar-refractivity contribution in [2.24, 2.45) is 0 Å². The van der Waals surface area contributed by atoms with Crippen LogP contribution < -0.4 is 5.32 Å². The number of amides is 1. The fourth-order valence-corrected chi connectivity index (χ4v) is 1.28. The molecule has 4 nitrogen and oxygen atoms in total. The molecule has 0 bridgehead atoms. The van der Waals surface area contributed by atoms with Crippen molar-refractivity contribution in [2.75, 3.05) is 20.3 Å². The SMILES string of the molecule is CCCCCC(=O)NCCC(O)COC. The lowest BCUT2D eigenvalue weighted by Gasteiger charge is -2.09. The number of hydrogen-bond donors (Lipinski definition) is 2. The Balaban J connectivity index is 3.30. The second kappa shape index (κ2) is 9.93. The van der Waals surface area contributed by atoms with Crippen LogP contribution in [0.5, 0.6) is 0 Å². The fourth-order valence-electron chi connectivity index (χ4n) is 1.28. The van der Waals surface area contributed by atoms with Crippen molar-refractivity contribution < 1.29 is 14.6 Å². The Bertz CT molecular complexity index is 162. The van der Waals surface area contributed by atoms with Crippen LogP contribution in [0.1, 0.15) is 39.0 Å². The average Bonchev–Trinajstić information content (AvgIpc) is 2.18. The normalized spacial score (nSPS) is 12.5. The Labute approximate surface area is 92.0 Å². The lowest BCUT2D eigenvalue weighted by molar-refractivity contribution is -0.121. The first-order valence-corrected chi connectivity index (χ1v) is 5.64. The number of aliphatic hydroxyl groups is 1. The summed E-state index contributed by atoms with van der Waals surface area (Å²) in [6.07, 6.45) is 3.83. The molecule has 1 atom stereocenters. The quantitative estimate of drug-likeness (QED) is 0.568. The molecular weight excluding hydrogens is 194 g/mol. The molecule has 90 valence electrons. The van der Waals surface area contributed by atoms with E-state index in [9.17, 15) is 9.90 Å². The van der Waals surface area contributed by atoms with Crippen molar-refractivity contribution in [3.8, 4) is 0 Å². The van der Waals surface area contributed by atoms with Crippen molar-refractivity contribution in [1.29, 1.82) is 0 Å². The summed E-state index contributed by atoms with van der Waals surface area (Å²) >= 11 is 0. The zero-order chi connectivity index (χ0) is 11.5. The lowest BCUT2D eigenvalue weighted by Crippen LogP contribution is -2.28. The van der Waals surface area contributed by atoms with E-state index in [1.54, 1.807) is 7.11 Å². The zero-order valence-corrected chi connectivity index (χ0v) is 9.79. The van der Waals surface area contributed by atoms with Crippen LogP contribution >= 0.6 is 0 Å². The maximum Gasteiger partial charge on any atom is 0.219 e. The van der Waals surface area contributed by atoms with E-state index in [4.69, 9.17) is 4.74 Å². The van der Waals surface area contributed by atoms with Crippen molar-refractivity contribution in [3.05, 3.63) is 0 Å². The van der Waals surface area contributed by atoms with Crippen molar-refractivity contribution >= 4 is 5.91 Å². The van der Waals surface area contributed by atoms with Gasteiger partial charge in [-0.2, -0.15) is 0 Å². The predicted molar refractivity (Wildman–Crippen MR) is 59.7 cm³/mol. The van der Waals surface area contributed by atoms with Crippen LogP contribution in [0.15, 0.2) is 0 Å². The fraction of sp³-hybridized carbons (Fsp3) is 0.909. The zero-order valence-electron chi connectivity index (χ0n) is 9.79. The van der Waals surface area contributed by atoms with Gasteiger partial charge in [-0.1, -0.05) is 19.8 Å².